The SMILES string of the molecule is Cc1ccc2cccc(-n3c(O)c(C)c(=O)[nH]c3=O)c2n1. The molecule has 0 aliphatic heterocycles. The fraction of sp³-hybridized carbons (Fsp3) is 0.133. The average molecular weight is 283 g/mol. The van der Waals surface area contributed by atoms with Crippen molar-refractivity contribution >= 4 is 10.9 Å². The van der Waals surface area contributed by atoms with Crippen molar-refractivity contribution in [1.82, 2.24) is 14.5 Å². The van der Waals surface area contributed by atoms with Gasteiger partial charge in [-0.05, 0) is 26.0 Å². The summed E-state index contributed by atoms with van der Waals surface area (Å²) in [6, 6.07) is 9.06. The Morgan fingerprint density at radius 1 is 1.14 bits per heavy atom. The number of nitrogens with zero attached hydrogens (tertiary/aromatic N) is 2. The Balaban J connectivity index is 2.47. The summed E-state index contributed by atoms with van der Waals surface area (Å²) < 4.78 is 1.06. The summed E-state index contributed by atoms with van der Waals surface area (Å²) in [5.41, 5.74) is 0.597. The highest BCUT2D eigenvalue weighted by molar-refractivity contribution is 5.86. The Kier molecular flexibility index (Phi) is 2.86. The van der Waals surface area contributed by atoms with E-state index >= 15 is 0 Å². The Morgan fingerprint density at radius 2 is 1.90 bits per heavy atom. The Labute approximate surface area is 119 Å². The van der Waals surface area contributed by atoms with Gasteiger partial charge in [0.2, 0.25) is 5.88 Å². The number of H-pyrrole nitrogens is 1. The smallest absolute Gasteiger partial charge is 0.335 e. The van der Waals surface area contributed by atoms with Crippen LogP contribution in [0, 0.1) is 13.8 Å². The minimum atomic E-state index is -0.695. The van der Waals surface area contributed by atoms with Crippen LogP contribution in [-0.4, -0.2) is 19.6 Å². The highest BCUT2D eigenvalue weighted by Gasteiger charge is 2.14. The molecule has 0 unspecified atom stereocenters. The molecule has 0 spiro atoms. The lowest BCUT2D eigenvalue weighted by Crippen LogP contribution is -2.30. The molecule has 3 aromatic rings. The van der Waals surface area contributed by atoms with E-state index in [2.05, 4.69) is 9.97 Å². The minimum Gasteiger partial charge on any atom is -0.494 e. The second kappa shape index (κ2) is 4.59. The lowest BCUT2D eigenvalue weighted by atomic mass is 10.1. The predicted octanol–water partition coefficient (Wildman–Crippen LogP) is 1.40. The van der Waals surface area contributed by atoms with Gasteiger partial charge in [-0.3, -0.25) is 14.8 Å². The number of rotatable bonds is 1. The van der Waals surface area contributed by atoms with Gasteiger partial charge in [0.25, 0.3) is 5.56 Å². The normalized spacial score (nSPS) is 11.0. The van der Waals surface area contributed by atoms with E-state index in [1.54, 1.807) is 12.1 Å². The maximum atomic E-state index is 12.1. The van der Waals surface area contributed by atoms with Crippen LogP contribution in [0.2, 0.25) is 0 Å². The molecule has 0 aliphatic rings. The summed E-state index contributed by atoms with van der Waals surface area (Å²) in [7, 11) is 0. The van der Waals surface area contributed by atoms with Crippen LogP contribution in [0.15, 0.2) is 39.9 Å². The molecule has 6 nitrogen and oxygen atoms in total. The largest absolute Gasteiger partial charge is 0.494 e. The third-order valence-corrected chi connectivity index (χ3v) is 3.39. The molecule has 0 saturated heterocycles. The number of pyridine rings is 1. The molecular formula is C15H13N3O3. The summed E-state index contributed by atoms with van der Waals surface area (Å²) in [6.07, 6.45) is 0. The number of hydrogen-bond donors (Lipinski definition) is 2. The van der Waals surface area contributed by atoms with Crippen LogP contribution in [-0.2, 0) is 0 Å². The fourth-order valence-electron chi connectivity index (χ4n) is 2.25. The standard InChI is InChI=1S/C15H13N3O3/c1-8-6-7-10-4-3-5-11(12(10)16-8)18-14(20)9(2)13(19)17-15(18)21/h3-7,20H,1-2H3,(H,17,19,21). The molecule has 21 heavy (non-hydrogen) atoms. The van der Waals surface area contributed by atoms with E-state index in [1.165, 1.54) is 6.92 Å². The van der Waals surface area contributed by atoms with Crippen LogP contribution >= 0.6 is 0 Å². The number of fused-ring (bicyclic) bond motifs is 1. The van der Waals surface area contributed by atoms with E-state index in [0.29, 0.717) is 11.2 Å². The second-order valence-corrected chi connectivity index (χ2v) is 4.84. The number of aromatic amines is 1. The molecule has 0 aliphatic carbocycles. The van der Waals surface area contributed by atoms with Crippen molar-refractivity contribution in [2.24, 2.45) is 0 Å². The first-order valence-electron chi connectivity index (χ1n) is 6.40. The summed E-state index contributed by atoms with van der Waals surface area (Å²) in [5, 5.41) is 11.0. The molecule has 106 valence electrons. The number of aryl methyl sites for hydroxylation is 1. The van der Waals surface area contributed by atoms with E-state index in [9.17, 15) is 14.7 Å². The monoisotopic (exact) mass is 283 g/mol. The van der Waals surface area contributed by atoms with E-state index in [1.807, 2.05) is 25.1 Å². The molecule has 2 aromatic heterocycles. The molecule has 2 heterocycles. The van der Waals surface area contributed by atoms with E-state index < -0.39 is 11.2 Å². The van der Waals surface area contributed by atoms with Crippen molar-refractivity contribution in [2.75, 3.05) is 0 Å². The van der Waals surface area contributed by atoms with Crippen LogP contribution in [0.1, 0.15) is 11.3 Å². The first kappa shape index (κ1) is 13.1. The number of nitrogens with one attached hydrogen (secondary N) is 1. The molecule has 0 amide bonds. The number of hydrogen-bond acceptors (Lipinski definition) is 4. The van der Waals surface area contributed by atoms with Crippen molar-refractivity contribution in [1.29, 1.82) is 0 Å². The summed E-state index contributed by atoms with van der Waals surface area (Å²) >= 11 is 0. The molecular weight excluding hydrogens is 270 g/mol. The molecule has 0 radical (unpaired) electrons. The van der Waals surface area contributed by atoms with Crippen molar-refractivity contribution < 1.29 is 5.11 Å². The van der Waals surface area contributed by atoms with Gasteiger partial charge in [0.15, 0.2) is 0 Å². The zero-order valence-electron chi connectivity index (χ0n) is 11.5. The maximum Gasteiger partial charge on any atom is 0.335 e. The van der Waals surface area contributed by atoms with Crippen LogP contribution in [0.5, 0.6) is 5.88 Å². The zero-order chi connectivity index (χ0) is 15.1. The van der Waals surface area contributed by atoms with Crippen LogP contribution in [0.4, 0.5) is 0 Å². The molecule has 0 fully saturated rings. The van der Waals surface area contributed by atoms with Crippen molar-refractivity contribution in [3.05, 3.63) is 62.4 Å². The highest BCUT2D eigenvalue weighted by Crippen LogP contribution is 2.23. The fourth-order valence-corrected chi connectivity index (χ4v) is 2.25. The van der Waals surface area contributed by atoms with Gasteiger partial charge in [0, 0.05) is 11.1 Å². The molecule has 0 bridgehead atoms. The molecule has 6 heteroatoms. The van der Waals surface area contributed by atoms with E-state index in [0.717, 1.165) is 15.6 Å². The molecule has 3 rings (SSSR count). The topological polar surface area (TPSA) is 88.0 Å². The molecule has 0 saturated carbocycles. The van der Waals surface area contributed by atoms with Gasteiger partial charge in [0.05, 0.1) is 16.8 Å². The van der Waals surface area contributed by atoms with Gasteiger partial charge in [-0.15, -0.1) is 0 Å². The lowest BCUT2D eigenvalue weighted by Gasteiger charge is -2.11. The molecule has 1 aromatic carbocycles. The van der Waals surface area contributed by atoms with Crippen LogP contribution in [0.25, 0.3) is 16.6 Å². The maximum absolute atomic E-state index is 12.1. The van der Waals surface area contributed by atoms with Gasteiger partial charge in [0.1, 0.15) is 0 Å². The van der Waals surface area contributed by atoms with Crippen LogP contribution < -0.4 is 11.2 Å². The Bertz CT molecular complexity index is 970. The Morgan fingerprint density at radius 3 is 2.67 bits per heavy atom. The number of aromatic hydroxyl groups is 1. The third-order valence-electron chi connectivity index (χ3n) is 3.39. The summed E-state index contributed by atoms with van der Waals surface area (Å²) in [5.74, 6) is -0.375. The summed E-state index contributed by atoms with van der Waals surface area (Å²) in [6.45, 7) is 3.30. The second-order valence-electron chi connectivity index (χ2n) is 4.84. The zero-order valence-corrected chi connectivity index (χ0v) is 11.5. The summed E-state index contributed by atoms with van der Waals surface area (Å²) in [4.78, 5) is 30.2. The lowest BCUT2D eigenvalue weighted by molar-refractivity contribution is 0.426. The highest BCUT2D eigenvalue weighted by atomic mass is 16.3. The van der Waals surface area contributed by atoms with Crippen molar-refractivity contribution in [3.63, 3.8) is 0 Å². The van der Waals surface area contributed by atoms with Gasteiger partial charge < -0.3 is 5.11 Å². The quantitative estimate of drug-likeness (QED) is 0.706. The van der Waals surface area contributed by atoms with Gasteiger partial charge in [-0.1, -0.05) is 18.2 Å². The number of para-hydroxylation sites is 1. The number of aromatic nitrogens is 3. The van der Waals surface area contributed by atoms with Crippen molar-refractivity contribution in [2.45, 2.75) is 13.8 Å². The minimum absolute atomic E-state index is 0.0826. The van der Waals surface area contributed by atoms with Crippen molar-refractivity contribution in [3.8, 4) is 11.6 Å². The van der Waals surface area contributed by atoms with E-state index in [4.69, 9.17) is 0 Å². The van der Waals surface area contributed by atoms with E-state index in [-0.39, 0.29) is 11.4 Å². The average Bonchev–Trinajstić information content (AvgIpc) is 2.45. The Hall–Kier alpha value is -2.89. The molecule has 0 atom stereocenters. The van der Waals surface area contributed by atoms with Crippen LogP contribution in [0.3, 0.4) is 0 Å². The van der Waals surface area contributed by atoms with Gasteiger partial charge in [-0.25, -0.2) is 9.36 Å². The first-order valence-corrected chi connectivity index (χ1v) is 6.40. The number of benzene rings is 1. The third kappa shape index (κ3) is 2.01. The van der Waals surface area contributed by atoms with Gasteiger partial charge in [-0.2, -0.15) is 0 Å². The predicted molar refractivity (Wildman–Crippen MR) is 79.1 cm³/mol. The first-order chi connectivity index (χ1) is 9.99. The van der Waals surface area contributed by atoms with Gasteiger partial charge >= 0.3 is 5.69 Å². The molecule has 2 N–H and O–H groups in total.